The molecule has 1 aliphatic rings. The fourth-order valence-corrected chi connectivity index (χ4v) is 2.22. The number of aromatic nitrogens is 3. The van der Waals surface area contributed by atoms with Crippen LogP contribution < -0.4 is 10.6 Å². The predicted molar refractivity (Wildman–Crippen MR) is 71.3 cm³/mol. The van der Waals surface area contributed by atoms with Gasteiger partial charge in [0.2, 0.25) is 0 Å². The monoisotopic (exact) mass is 243 g/mol. The van der Waals surface area contributed by atoms with Crippen molar-refractivity contribution in [2.75, 3.05) is 18.4 Å². The van der Waals surface area contributed by atoms with E-state index in [4.69, 9.17) is 0 Å². The van der Waals surface area contributed by atoms with E-state index in [1.54, 1.807) is 0 Å². The largest absolute Gasteiger partial charge is 0.366 e. The zero-order chi connectivity index (χ0) is 12.2. The van der Waals surface area contributed by atoms with Gasteiger partial charge in [-0.15, -0.1) is 10.2 Å². The SMILES string of the molecule is c1c[nH]c(-c2ccc(NC3CCNCC3)nn2)c1. The molecule has 0 atom stereocenters. The zero-order valence-electron chi connectivity index (χ0n) is 10.2. The third kappa shape index (κ3) is 2.51. The van der Waals surface area contributed by atoms with Crippen LogP contribution in [0.1, 0.15) is 12.8 Å². The predicted octanol–water partition coefficient (Wildman–Crippen LogP) is 1.64. The van der Waals surface area contributed by atoms with Crippen molar-refractivity contribution in [3.8, 4) is 11.4 Å². The van der Waals surface area contributed by atoms with E-state index in [-0.39, 0.29) is 0 Å². The van der Waals surface area contributed by atoms with E-state index in [2.05, 4.69) is 25.8 Å². The molecule has 1 aliphatic heterocycles. The molecule has 0 radical (unpaired) electrons. The Hall–Kier alpha value is -1.88. The Morgan fingerprint density at radius 1 is 1.11 bits per heavy atom. The zero-order valence-corrected chi connectivity index (χ0v) is 10.2. The highest BCUT2D eigenvalue weighted by Gasteiger charge is 2.13. The van der Waals surface area contributed by atoms with Crippen molar-refractivity contribution < 1.29 is 0 Å². The maximum atomic E-state index is 4.23. The third-order valence-electron chi connectivity index (χ3n) is 3.23. The number of nitrogens with one attached hydrogen (secondary N) is 3. The average Bonchev–Trinajstić information content (AvgIpc) is 2.95. The standard InChI is InChI=1S/C13H17N5/c1-2-11(15-7-1)12-3-4-13(18-17-12)16-10-5-8-14-9-6-10/h1-4,7,10,14-15H,5-6,8-9H2,(H,16,18). The van der Waals surface area contributed by atoms with Crippen LogP contribution in [0.3, 0.4) is 0 Å². The van der Waals surface area contributed by atoms with E-state index in [1.165, 1.54) is 0 Å². The van der Waals surface area contributed by atoms with E-state index >= 15 is 0 Å². The Labute approximate surface area is 106 Å². The summed E-state index contributed by atoms with van der Waals surface area (Å²) in [4.78, 5) is 3.12. The minimum atomic E-state index is 0.511. The van der Waals surface area contributed by atoms with Gasteiger partial charge in [0.1, 0.15) is 11.5 Å². The van der Waals surface area contributed by atoms with Gasteiger partial charge in [-0.3, -0.25) is 0 Å². The molecule has 1 saturated heterocycles. The van der Waals surface area contributed by atoms with Crippen LogP contribution in [-0.2, 0) is 0 Å². The van der Waals surface area contributed by atoms with Crippen molar-refractivity contribution in [2.45, 2.75) is 18.9 Å². The van der Waals surface area contributed by atoms with Gasteiger partial charge in [-0.2, -0.15) is 0 Å². The van der Waals surface area contributed by atoms with Crippen molar-refractivity contribution in [3.05, 3.63) is 30.5 Å². The lowest BCUT2D eigenvalue weighted by Gasteiger charge is -2.23. The summed E-state index contributed by atoms with van der Waals surface area (Å²) in [6.45, 7) is 2.15. The second-order valence-electron chi connectivity index (χ2n) is 4.56. The summed E-state index contributed by atoms with van der Waals surface area (Å²) in [6, 6.07) is 8.44. The number of anilines is 1. The van der Waals surface area contributed by atoms with Crippen molar-refractivity contribution in [1.82, 2.24) is 20.5 Å². The van der Waals surface area contributed by atoms with Crippen molar-refractivity contribution in [1.29, 1.82) is 0 Å². The van der Waals surface area contributed by atoms with Crippen molar-refractivity contribution in [3.63, 3.8) is 0 Å². The number of rotatable bonds is 3. The van der Waals surface area contributed by atoms with Crippen molar-refractivity contribution in [2.24, 2.45) is 0 Å². The van der Waals surface area contributed by atoms with Crippen LogP contribution in [0.15, 0.2) is 30.5 Å². The Morgan fingerprint density at radius 2 is 2.00 bits per heavy atom. The van der Waals surface area contributed by atoms with E-state index in [0.29, 0.717) is 6.04 Å². The maximum Gasteiger partial charge on any atom is 0.148 e. The molecule has 3 heterocycles. The molecular weight excluding hydrogens is 226 g/mol. The summed E-state index contributed by atoms with van der Waals surface area (Å²) in [5, 5.41) is 15.2. The molecule has 0 amide bonds. The molecule has 0 saturated carbocycles. The lowest BCUT2D eigenvalue weighted by Crippen LogP contribution is -2.35. The molecule has 2 aromatic heterocycles. The maximum absolute atomic E-state index is 4.23. The fourth-order valence-electron chi connectivity index (χ4n) is 2.22. The smallest absolute Gasteiger partial charge is 0.148 e. The second kappa shape index (κ2) is 5.18. The Balaban J connectivity index is 1.67. The first-order valence-electron chi connectivity index (χ1n) is 6.36. The van der Waals surface area contributed by atoms with Gasteiger partial charge < -0.3 is 15.6 Å². The topological polar surface area (TPSA) is 65.6 Å². The van der Waals surface area contributed by atoms with Gasteiger partial charge in [0, 0.05) is 12.2 Å². The quantitative estimate of drug-likeness (QED) is 0.766. The number of aromatic amines is 1. The number of hydrogen-bond acceptors (Lipinski definition) is 4. The second-order valence-corrected chi connectivity index (χ2v) is 4.56. The molecule has 0 spiro atoms. The van der Waals surface area contributed by atoms with E-state index < -0.39 is 0 Å². The number of piperidine rings is 1. The molecular formula is C13H17N5. The van der Waals surface area contributed by atoms with E-state index in [1.807, 2.05) is 30.5 Å². The Morgan fingerprint density at radius 3 is 2.67 bits per heavy atom. The first kappa shape index (κ1) is 11.2. The Kier molecular flexibility index (Phi) is 3.23. The molecule has 3 rings (SSSR count). The molecule has 0 unspecified atom stereocenters. The lowest BCUT2D eigenvalue weighted by molar-refractivity contribution is 0.478. The van der Waals surface area contributed by atoms with Gasteiger partial charge in [-0.05, 0) is 50.2 Å². The highest BCUT2D eigenvalue weighted by Crippen LogP contribution is 2.15. The summed E-state index contributed by atoms with van der Waals surface area (Å²) in [7, 11) is 0. The van der Waals surface area contributed by atoms with Crippen LogP contribution in [0.2, 0.25) is 0 Å². The molecule has 0 aromatic carbocycles. The normalized spacial score (nSPS) is 16.7. The van der Waals surface area contributed by atoms with Gasteiger partial charge in [0.25, 0.3) is 0 Å². The number of hydrogen-bond donors (Lipinski definition) is 3. The molecule has 5 nitrogen and oxygen atoms in total. The molecule has 94 valence electrons. The number of nitrogens with zero attached hydrogens (tertiary/aromatic N) is 2. The fraction of sp³-hybridized carbons (Fsp3) is 0.385. The number of H-pyrrole nitrogens is 1. The molecule has 0 bridgehead atoms. The summed E-state index contributed by atoms with van der Waals surface area (Å²) < 4.78 is 0. The molecule has 1 fully saturated rings. The lowest BCUT2D eigenvalue weighted by atomic mass is 10.1. The Bertz CT molecular complexity index is 471. The molecule has 3 N–H and O–H groups in total. The third-order valence-corrected chi connectivity index (χ3v) is 3.23. The van der Waals surface area contributed by atoms with Gasteiger partial charge in [-0.1, -0.05) is 0 Å². The highest BCUT2D eigenvalue weighted by atomic mass is 15.2. The minimum absolute atomic E-state index is 0.511. The van der Waals surface area contributed by atoms with Gasteiger partial charge in [0.05, 0.1) is 5.69 Å². The molecule has 18 heavy (non-hydrogen) atoms. The summed E-state index contributed by atoms with van der Waals surface area (Å²) in [6.07, 6.45) is 4.17. The van der Waals surface area contributed by atoms with Gasteiger partial charge in [-0.25, -0.2) is 0 Å². The molecule has 0 aliphatic carbocycles. The van der Waals surface area contributed by atoms with Crippen LogP contribution >= 0.6 is 0 Å². The minimum Gasteiger partial charge on any atom is -0.366 e. The van der Waals surface area contributed by atoms with E-state index in [9.17, 15) is 0 Å². The van der Waals surface area contributed by atoms with Crippen LogP contribution in [0.5, 0.6) is 0 Å². The summed E-state index contributed by atoms with van der Waals surface area (Å²) >= 11 is 0. The molecule has 5 heteroatoms. The van der Waals surface area contributed by atoms with Crippen LogP contribution in [0, 0.1) is 0 Å². The van der Waals surface area contributed by atoms with Gasteiger partial charge >= 0.3 is 0 Å². The first-order valence-corrected chi connectivity index (χ1v) is 6.36. The summed E-state index contributed by atoms with van der Waals surface area (Å²) in [5.74, 6) is 0.859. The first-order chi connectivity index (χ1) is 8.92. The van der Waals surface area contributed by atoms with E-state index in [0.717, 1.165) is 43.1 Å². The summed E-state index contributed by atoms with van der Waals surface area (Å²) in [5.41, 5.74) is 1.87. The van der Waals surface area contributed by atoms with Gasteiger partial charge in [0.15, 0.2) is 0 Å². The van der Waals surface area contributed by atoms with Crippen LogP contribution in [-0.4, -0.2) is 34.3 Å². The highest BCUT2D eigenvalue weighted by molar-refractivity contribution is 5.54. The average molecular weight is 243 g/mol. The van der Waals surface area contributed by atoms with Crippen LogP contribution in [0.4, 0.5) is 5.82 Å². The molecule has 2 aromatic rings. The van der Waals surface area contributed by atoms with Crippen LogP contribution in [0.25, 0.3) is 11.4 Å². The van der Waals surface area contributed by atoms with Crippen molar-refractivity contribution >= 4 is 5.82 Å².